The van der Waals surface area contributed by atoms with Crippen molar-refractivity contribution in [1.82, 2.24) is 4.90 Å². The predicted octanol–water partition coefficient (Wildman–Crippen LogP) is -0.297. The molecule has 1 heterocycles. The summed E-state index contributed by atoms with van der Waals surface area (Å²) in [5, 5.41) is 21.8. The van der Waals surface area contributed by atoms with Crippen molar-refractivity contribution in [2.45, 2.75) is 12.5 Å². The number of benzene rings is 1. The van der Waals surface area contributed by atoms with Crippen LogP contribution in [0.5, 0.6) is 0 Å². The molecule has 6 nitrogen and oxygen atoms in total. The van der Waals surface area contributed by atoms with E-state index < -0.39 is 30.3 Å². The van der Waals surface area contributed by atoms with Crippen LogP contribution in [0.2, 0.25) is 0 Å². The number of carbonyl (C=O) groups is 3. The maximum atomic E-state index is 12.3. The number of thiocarbonyl (C=S) groups is 1. The molecule has 0 aromatic heterocycles. The van der Waals surface area contributed by atoms with E-state index in [0.29, 0.717) is 0 Å². The highest BCUT2D eigenvalue weighted by atomic mass is 32.2. The average Bonchev–Trinajstić information content (AvgIpc) is 2.80. The highest BCUT2D eigenvalue weighted by molar-refractivity contribution is 8.26. The monoisotopic (exact) mass is 361 g/mol. The zero-order chi connectivity index (χ0) is 17.7. The van der Waals surface area contributed by atoms with Crippen LogP contribution in [0.25, 0.3) is 6.08 Å². The van der Waals surface area contributed by atoms with Gasteiger partial charge in [-0.25, -0.2) is 0 Å². The molecular weight excluding hydrogens is 350 g/mol. The van der Waals surface area contributed by atoms with Gasteiger partial charge in [-0.15, -0.1) is 0 Å². The molecule has 0 bridgehead atoms. The topological polar surface area (TPSA) is 101 Å². The zero-order valence-corrected chi connectivity index (χ0v) is 13.8. The first kappa shape index (κ1) is 17.9. The molecule has 1 aromatic carbocycles. The molecule has 1 saturated heterocycles. The van der Waals surface area contributed by atoms with Gasteiger partial charge in [-0.05, 0) is 11.6 Å². The fourth-order valence-corrected chi connectivity index (χ4v) is 3.32. The molecule has 1 atom stereocenters. The molecule has 0 aliphatic carbocycles. The molecule has 1 fully saturated rings. The smallest absolute Gasteiger partial charge is 0.266 e. The number of carboxylic acids is 2. The molecule has 1 aliphatic heterocycles. The highest BCUT2D eigenvalue weighted by Crippen LogP contribution is 2.33. The lowest BCUT2D eigenvalue weighted by molar-refractivity contribution is -0.319. The number of amides is 1. The normalized spacial score (nSPS) is 17.7. The standard InChI is InChI=1S/C16H13NO5S2/c18-13(19)9-11(15(21)22)17-14(20)12(24-16(17)23)8-4-7-10-5-2-1-3-6-10/h1-8,11H,9H2,(H,18,19)(H,21,22)/p-2. The summed E-state index contributed by atoms with van der Waals surface area (Å²) in [4.78, 5) is 35.0. The van der Waals surface area contributed by atoms with Crippen molar-refractivity contribution in [3.05, 3.63) is 53.0 Å². The molecule has 1 aliphatic rings. The van der Waals surface area contributed by atoms with Crippen LogP contribution in [-0.4, -0.2) is 33.1 Å². The lowest BCUT2D eigenvalue weighted by Gasteiger charge is -2.27. The van der Waals surface area contributed by atoms with Gasteiger partial charge in [0.2, 0.25) is 0 Å². The second kappa shape index (κ2) is 7.89. The summed E-state index contributed by atoms with van der Waals surface area (Å²) in [6.45, 7) is 0. The summed E-state index contributed by atoms with van der Waals surface area (Å²) in [7, 11) is 0. The Balaban J connectivity index is 2.18. The predicted molar refractivity (Wildman–Crippen MR) is 89.0 cm³/mol. The van der Waals surface area contributed by atoms with Crippen LogP contribution >= 0.6 is 24.0 Å². The first-order valence-electron chi connectivity index (χ1n) is 6.79. The number of aliphatic carboxylic acids is 2. The first-order valence-corrected chi connectivity index (χ1v) is 8.02. The van der Waals surface area contributed by atoms with E-state index in [9.17, 15) is 24.6 Å². The van der Waals surface area contributed by atoms with E-state index in [1.165, 1.54) is 6.08 Å². The lowest BCUT2D eigenvalue weighted by atomic mass is 10.2. The van der Waals surface area contributed by atoms with Crippen molar-refractivity contribution in [3.8, 4) is 0 Å². The van der Waals surface area contributed by atoms with Gasteiger partial charge in [0.05, 0.1) is 16.9 Å². The van der Waals surface area contributed by atoms with Crippen molar-refractivity contribution in [1.29, 1.82) is 0 Å². The molecule has 24 heavy (non-hydrogen) atoms. The maximum Gasteiger partial charge on any atom is 0.266 e. The number of carbonyl (C=O) groups excluding carboxylic acids is 3. The number of carboxylic acid groups (broad SMARTS) is 2. The first-order chi connectivity index (χ1) is 11.4. The van der Waals surface area contributed by atoms with Gasteiger partial charge in [-0.3, -0.25) is 9.69 Å². The van der Waals surface area contributed by atoms with Crippen LogP contribution < -0.4 is 10.2 Å². The molecule has 0 spiro atoms. The molecule has 2 rings (SSSR count). The zero-order valence-electron chi connectivity index (χ0n) is 12.2. The minimum atomic E-state index is -1.70. The van der Waals surface area contributed by atoms with E-state index in [0.717, 1.165) is 22.2 Å². The van der Waals surface area contributed by atoms with Crippen molar-refractivity contribution in [3.63, 3.8) is 0 Å². The fraction of sp³-hybridized carbons (Fsp3) is 0.125. The van der Waals surface area contributed by atoms with E-state index in [-0.39, 0.29) is 9.23 Å². The van der Waals surface area contributed by atoms with Gasteiger partial charge in [-0.2, -0.15) is 0 Å². The molecule has 1 amide bonds. The van der Waals surface area contributed by atoms with Gasteiger partial charge in [0, 0.05) is 12.4 Å². The Morgan fingerprint density at radius 2 is 1.92 bits per heavy atom. The Labute approximate surface area is 147 Å². The van der Waals surface area contributed by atoms with Crippen LogP contribution in [0, 0.1) is 0 Å². The van der Waals surface area contributed by atoms with Crippen molar-refractivity contribution >= 4 is 52.2 Å². The molecule has 0 saturated carbocycles. The van der Waals surface area contributed by atoms with Gasteiger partial charge in [0.1, 0.15) is 4.32 Å². The number of rotatable bonds is 6. The number of thioether (sulfide) groups is 1. The van der Waals surface area contributed by atoms with Crippen LogP contribution in [-0.2, 0) is 14.4 Å². The van der Waals surface area contributed by atoms with Crippen molar-refractivity contribution in [2.75, 3.05) is 0 Å². The quantitative estimate of drug-likeness (QED) is 0.507. The minimum absolute atomic E-state index is 0.0326. The Bertz CT molecular complexity index is 742. The molecule has 1 unspecified atom stereocenters. The van der Waals surface area contributed by atoms with E-state index in [4.69, 9.17) is 12.2 Å². The molecule has 0 N–H and O–H groups in total. The van der Waals surface area contributed by atoms with E-state index in [1.54, 1.807) is 12.2 Å². The van der Waals surface area contributed by atoms with Gasteiger partial charge >= 0.3 is 0 Å². The van der Waals surface area contributed by atoms with Crippen LogP contribution in [0.1, 0.15) is 12.0 Å². The summed E-state index contributed by atoms with van der Waals surface area (Å²) >= 11 is 5.89. The molecule has 124 valence electrons. The molecule has 8 heteroatoms. The van der Waals surface area contributed by atoms with E-state index in [2.05, 4.69) is 0 Å². The maximum absolute atomic E-state index is 12.3. The third-order valence-corrected chi connectivity index (χ3v) is 4.45. The van der Waals surface area contributed by atoms with Crippen molar-refractivity contribution in [2.24, 2.45) is 0 Å². The summed E-state index contributed by atoms with van der Waals surface area (Å²) in [5.74, 6) is -3.97. The van der Waals surface area contributed by atoms with Gasteiger partial charge in [0.25, 0.3) is 5.91 Å². The van der Waals surface area contributed by atoms with E-state index >= 15 is 0 Å². The summed E-state index contributed by atoms with van der Waals surface area (Å²) in [5.41, 5.74) is 0.925. The van der Waals surface area contributed by atoms with Crippen LogP contribution in [0.4, 0.5) is 0 Å². The molecule has 0 radical (unpaired) electrons. The number of hydrogen-bond donors (Lipinski definition) is 0. The Kier molecular flexibility index (Phi) is 5.88. The molecular formula is C16H11NO5S2-2. The van der Waals surface area contributed by atoms with Gasteiger partial charge < -0.3 is 19.8 Å². The summed E-state index contributed by atoms with van der Waals surface area (Å²) < 4.78 is -0.0326. The van der Waals surface area contributed by atoms with Gasteiger partial charge in [0.15, 0.2) is 0 Å². The van der Waals surface area contributed by atoms with E-state index in [1.807, 2.05) is 30.3 Å². The number of nitrogens with zero attached hydrogens (tertiary/aromatic N) is 1. The van der Waals surface area contributed by atoms with Crippen LogP contribution in [0.3, 0.4) is 0 Å². The Morgan fingerprint density at radius 1 is 1.25 bits per heavy atom. The van der Waals surface area contributed by atoms with Crippen LogP contribution in [0.15, 0.2) is 47.4 Å². The van der Waals surface area contributed by atoms with Gasteiger partial charge in [-0.1, -0.05) is 66.5 Å². The Hall–Kier alpha value is -2.45. The second-order valence-corrected chi connectivity index (χ2v) is 6.43. The third kappa shape index (κ3) is 4.30. The third-order valence-electron chi connectivity index (χ3n) is 3.10. The SMILES string of the molecule is O=C([O-])CC(C(=O)[O-])N1C(=O)C(=CC=Cc2ccccc2)SC1=S. The lowest BCUT2D eigenvalue weighted by Crippen LogP contribution is -2.52. The average molecular weight is 361 g/mol. The second-order valence-electron chi connectivity index (χ2n) is 4.75. The molecule has 1 aromatic rings. The number of allylic oxidation sites excluding steroid dienone is 2. The van der Waals surface area contributed by atoms with Crippen molar-refractivity contribution < 1.29 is 24.6 Å². The highest BCUT2D eigenvalue weighted by Gasteiger charge is 2.37. The minimum Gasteiger partial charge on any atom is -0.550 e. The Morgan fingerprint density at radius 3 is 2.50 bits per heavy atom. The summed E-state index contributed by atoms with van der Waals surface area (Å²) in [6.07, 6.45) is 4.01. The number of hydrogen-bond acceptors (Lipinski definition) is 7. The summed E-state index contributed by atoms with van der Waals surface area (Å²) in [6, 6.07) is 7.67. The largest absolute Gasteiger partial charge is 0.550 e. The fourth-order valence-electron chi connectivity index (χ4n) is 2.01.